The van der Waals surface area contributed by atoms with Crippen LogP contribution in [0.4, 0.5) is 5.69 Å². The van der Waals surface area contributed by atoms with E-state index in [4.69, 9.17) is 16.3 Å². The van der Waals surface area contributed by atoms with Crippen molar-refractivity contribution in [1.29, 1.82) is 0 Å². The normalized spacial score (nSPS) is 24.0. The van der Waals surface area contributed by atoms with Gasteiger partial charge in [0.05, 0.1) is 12.8 Å². The molecule has 2 rings (SSSR count). The predicted molar refractivity (Wildman–Crippen MR) is 90.8 cm³/mol. The molecule has 3 unspecified atom stereocenters. The first kappa shape index (κ1) is 16.4. The summed E-state index contributed by atoms with van der Waals surface area (Å²) in [4.78, 5) is 2.45. The van der Waals surface area contributed by atoms with Gasteiger partial charge in [0.2, 0.25) is 0 Å². The second kappa shape index (κ2) is 6.89. The molecule has 1 saturated heterocycles. The number of halogens is 1. The third-order valence-electron chi connectivity index (χ3n) is 4.70. The average Bonchev–Trinajstić information content (AvgIpc) is 2.49. The Morgan fingerprint density at radius 2 is 2.19 bits per heavy atom. The van der Waals surface area contributed by atoms with Gasteiger partial charge in [0.25, 0.3) is 0 Å². The molecule has 4 heteroatoms. The lowest BCUT2D eigenvalue weighted by molar-refractivity contribution is 0.313. The Labute approximate surface area is 133 Å². The molecule has 1 fully saturated rings. The Balaban J connectivity index is 2.32. The average molecular weight is 311 g/mol. The van der Waals surface area contributed by atoms with Crippen LogP contribution in [0.2, 0.25) is 5.02 Å². The molecule has 0 bridgehead atoms. The molecule has 1 aliphatic heterocycles. The van der Waals surface area contributed by atoms with Gasteiger partial charge in [0.1, 0.15) is 5.75 Å². The van der Waals surface area contributed by atoms with Crippen molar-refractivity contribution < 1.29 is 4.74 Å². The number of hydrogen-bond acceptors (Lipinski definition) is 3. The summed E-state index contributed by atoms with van der Waals surface area (Å²) in [6.07, 6.45) is 1.19. The molecule has 0 amide bonds. The van der Waals surface area contributed by atoms with Crippen LogP contribution in [0.25, 0.3) is 0 Å². The summed E-state index contributed by atoms with van der Waals surface area (Å²) in [6.45, 7) is 10.9. The van der Waals surface area contributed by atoms with Crippen LogP contribution in [0.1, 0.15) is 32.8 Å². The summed E-state index contributed by atoms with van der Waals surface area (Å²) in [5.74, 6) is 1.53. The molecular formula is C17H27ClN2O. The zero-order valence-electron chi connectivity index (χ0n) is 13.7. The number of nitrogens with zero attached hydrogens (tertiary/aromatic N) is 1. The summed E-state index contributed by atoms with van der Waals surface area (Å²) in [6, 6.07) is 5.04. The van der Waals surface area contributed by atoms with E-state index in [0.29, 0.717) is 18.0 Å². The van der Waals surface area contributed by atoms with Gasteiger partial charge in [-0.1, -0.05) is 31.9 Å². The van der Waals surface area contributed by atoms with Crippen molar-refractivity contribution in [3.63, 3.8) is 0 Å². The number of anilines is 1. The molecule has 0 spiro atoms. The molecule has 1 heterocycles. The van der Waals surface area contributed by atoms with Crippen LogP contribution < -0.4 is 15.0 Å². The quantitative estimate of drug-likeness (QED) is 0.913. The number of rotatable bonds is 4. The minimum absolute atomic E-state index is 0.444. The van der Waals surface area contributed by atoms with Crippen molar-refractivity contribution in [2.75, 3.05) is 25.1 Å². The summed E-state index contributed by atoms with van der Waals surface area (Å²) < 4.78 is 5.56. The first-order chi connectivity index (χ1) is 9.97. The van der Waals surface area contributed by atoms with Crippen molar-refractivity contribution in [2.45, 2.75) is 46.2 Å². The fourth-order valence-electron chi connectivity index (χ4n) is 2.93. The van der Waals surface area contributed by atoms with Crippen molar-refractivity contribution >= 4 is 17.3 Å². The standard InChI is InChI=1S/C17H27ClN2O/c1-6-11(2)15-10-20(13(4)9-19-15)16-7-12(3)14(18)8-17(16)21-5/h7-8,11,13,15,19H,6,9-10H2,1-5H3. The highest BCUT2D eigenvalue weighted by atomic mass is 35.5. The summed E-state index contributed by atoms with van der Waals surface area (Å²) in [5.41, 5.74) is 2.25. The van der Waals surface area contributed by atoms with E-state index in [1.165, 1.54) is 6.42 Å². The van der Waals surface area contributed by atoms with Crippen LogP contribution in [0, 0.1) is 12.8 Å². The SMILES string of the molecule is CCC(C)C1CN(c2cc(C)c(Cl)cc2OC)C(C)CN1. The number of hydrogen-bond donors (Lipinski definition) is 1. The second-order valence-electron chi connectivity index (χ2n) is 6.17. The largest absolute Gasteiger partial charge is 0.495 e. The summed E-state index contributed by atoms with van der Waals surface area (Å²) >= 11 is 6.23. The fourth-order valence-corrected chi connectivity index (χ4v) is 3.08. The molecule has 21 heavy (non-hydrogen) atoms. The maximum Gasteiger partial charge on any atom is 0.143 e. The number of methoxy groups -OCH3 is 1. The van der Waals surface area contributed by atoms with Crippen LogP contribution in [0.15, 0.2) is 12.1 Å². The Morgan fingerprint density at radius 3 is 2.81 bits per heavy atom. The van der Waals surface area contributed by atoms with Gasteiger partial charge in [-0.25, -0.2) is 0 Å². The van der Waals surface area contributed by atoms with E-state index in [2.05, 4.69) is 37.1 Å². The van der Waals surface area contributed by atoms with Crippen molar-refractivity contribution in [2.24, 2.45) is 5.92 Å². The molecule has 118 valence electrons. The highest BCUT2D eigenvalue weighted by molar-refractivity contribution is 6.31. The number of benzene rings is 1. The zero-order valence-corrected chi connectivity index (χ0v) is 14.5. The summed E-state index contributed by atoms with van der Waals surface area (Å²) in [5, 5.41) is 4.44. The summed E-state index contributed by atoms with van der Waals surface area (Å²) in [7, 11) is 1.71. The number of ether oxygens (including phenoxy) is 1. The Bertz CT molecular complexity index is 492. The number of piperazine rings is 1. The predicted octanol–water partition coefficient (Wildman–Crippen LogP) is 3.87. The highest BCUT2D eigenvalue weighted by Gasteiger charge is 2.29. The van der Waals surface area contributed by atoms with E-state index in [-0.39, 0.29) is 0 Å². The van der Waals surface area contributed by atoms with E-state index in [9.17, 15) is 0 Å². The van der Waals surface area contributed by atoms with E-state index in [1.54, 1.807) is 7.11 Å². The lowest BCUT2D eigenvalue weighted by Crippen LogP contribution is -2.57. The fraction of sp³-hybridized carbons (Fsp3) is 0.647. The number of aryl methyl sites for hydroxylation is 1. The minimum Gasteiger partial charge on any atom is -0.495 e. The maximum absolute atomic E-state index is 6.23. The molecule has 1 aliphatic rings. The van der Waals surface area contributed by atoms with Crippen molar-refractivity contribution in [1.82, 2.24) is 5.32 Å². The Hall–Kier alpha value is -0.930. The molecular weight excluding hydrogens is 284 g/mol. The Morgan fingerprint density at radius 1 is 1.48 bits per heavy atom. The molecule has 1 aromatic carbocycles. The van der Waals surface area contributed by atoms with Gasteiger partial charge in [-0.2, -0.15) is 0 Å². The van der Waals surface area contributed by atoms with E-state index < -0.39 is 0 Å². The van der Waals surface area contributed by atoms with Crippen molar-refractivity contribution in [3.05, 3.63) is 22.7 Å². The Kier molecular flexibility index (Phi) is 5.39. The van der Waals surface area contributed by atoms with Gasteiger partial charge in [0.15, 0.2) is 0 Å². The molecule has 0 saturated carbocycles. The second-order valence-corrected chi connectivity index (χ2v) is 6.58. The van der Waals surface area contributed by atoms with Gasteiger partial charge in [-0.15, -0.1) is 0 Å². The van der Waals surface area contributed by atoms with Gasteiger partial charge >= 0.3 is 0 Å². The van der Waals surface area contributed by atoms with Crippen LogP contribution in [-0.4, -0.2) is 32.3 Å². The lowest BCUT2D eigenvalue weighted by Gasteiger charge is -2.43. The van der Waals surface area contributed by atoms with Crippen molar-refractivity contribution in [3.8, 4) is 5.75 Å². The van der Waals surface area contributed by atoms with E-state index in [0.717, 1.165) is 35.1 Å². The maximum atomic E-state index is 6.23. The number of nitrogens with one attached hydrogen (secondary N) is 1. The third kappa shape index (κ3) is 3.46. The van der Waals surface area contributed by atoms with Crippen LogP contribution >= 0.6 is 11.6 Å². The van der Waals surface area contributed by atoms with Crippen LogP contribution in [-0.2, 0) is 0 Å². The van der Waals surface area contributed by atoms with Crippen LogP contribution in [0.5, 0.6) is 5.75 Å². The first-order valence-corrected chi connectivity index (χ1v) is 8.19. The molecule has 3 nitrogen and oxygen atoms in total. The topological polar surface area (TPSA) is 24.5 Å². The minimum atomic E-state index is 0.444. The van der Waals surface area contributed by atoms with Crippen LogP contribution in [0.3, 0.4) is 0 Å². The molecule has 0 radical (unpaired) electrons. The first-order valence-electron chi connectivity index (χ1n) is 7.82. The highest BCUT2D eigenvalue weighted by Crippen LogP contribution is 2.36. The molecule has 1 aromatic rings. The monoisotopic (exact) mass is 310 g/mol. The lowest BCUT2D eigenvalue weighted by atomic mass is 9.95. The van der Waals surface area contributed by atoms with E-state index in [1.807, 2.05) is 13.0 Å². The van der Waals surface area contributed by atoms with Gasteiger partial charge in [-0.3, -0.25) is 0 Å². The smallest absolute Gasteiger partial charge is 0.143 e. The van der Waals surface area contributed by atoms with Gasteiger partial charge in [-0.05, 0) is 31.4 Å². The third-order valence-corrected chi connectivity index (χ3v) is 5.11. The van der Waals surface area contributed by atoms with Gasteiger partial charge < -0.3 is 15.0 Å². The molecule has 1 N–H and O–H groups in total. The molecule has 0 aromatic heterocycles. The molecule has 0 aliphatic carbocycles. The zero-order chi connectivity index (χ0) is 15.6. The molecule has 3 atom stereocenters. The van der Waals surface area contributed by atoms with E-state index >= 15 is 0 Å². The van der Waals surface area contributed by atoms with Gasteiger partial charge in [0, 0.05) is 36.3 Å².